The minimum atomic E-state index is -3.87. The van der Waals surface area contributed by atoms with Gasteiger partial charge in [0.15, 0.2) is 9.84 Å². The maximum Gasteiger partial charge on any atom is 0.335 e. The lowest BCUT2D eigenvalue weighted by Gasteiger charge is -2.11. The second-order valence-corrected chi connectivity index (χ2v) is 11.8. The largest absolute Gasteiger partial charge is 0.487 e. The molecule has 0 amide bonds. The number of pyridine rings is 1. The average molecular weight is 573 g/mol. The van der Waals surface area contributed by atoms with E-state index in [2.05, 4.69) is 10.1 Å². The lowest BCUT2D eigenvalue weighted by atomic mass is 10.0. The average Bonchev–Trinajstić information content (AvgIpc) is 3.65. The number of fused-ring (bicyclic) bond motifs is 2. The number of rotatable bonds is 6. The van der Waals surface area contributed by atoms with Crippen molar-refractivity contribution in [3.63, 3.8) is 0 Å². The molecule has 3 heterocycles. The summed E-state index contributed by atoms with van der Waals surface area (Å²) in [7, 11) is -3.87. The Labute approximate surface area is 226 Å². The van der Waals surface area contributed by atoms with E-state index >= 15 is 0 Å². The van der Waals surface area contributed by atoms with Crippen molar-refractivity contribution < 1.29 is 32.3 Å². The van der Waals surface area contributed by atoms with E-state index in [1.165, 1.54) is 30.5 Å². The molecule has 194 valence electrons. The van der Waals surface area contributed by atoms with Crippen molar-refractivity contribution in [2.45, 2.75) is 36.0 Å². The van der Waals surface area contributed by atoms with Gasteiger partial charge < -0.3 is 19.1 Å². The number of aromatic nitrogens is 2. The highest BCUT2D eigenvalue weighted by atomic mass is 35.5. The molecule has 1 N–H and O–H groups in total. The second-order valence-electron chi connectivity index (χ2n) is 9.00. The Kier molecular flexibility index (Phi) is 6.05. The SMILES string of the molecule is O=C(O)c1ccc2c(c1)Oc1ncc(OCc3c(-c4c(Cl)cccc4Cl)noc3C3CC3)cc1S(=O)(=O)C2. The molecule has 0 spiro atoms. The molecule has 9 nitrogen and oxygen atoms in total. The van der Waals surface area contributed by atoms with Gasteiger partial charge in [0.05, 0.1) is 33.1 Å². The first-order chi connectivity index (χ1) is 18.2. The Morgan fingerprint density at radius 1 is 1.13 bits per heavy atom. The van der Waals surface area contributed by atoms with Crippen LogP contribution in [0.15, 0.2) is 58.1 Å². The summed E-state index contributed by atoms with van der Waals surface area (Å²) in [5.41, 5.74) is 1.96. The predicted molar refractivity (Wildman–Crippen MR) is 137 cm³/mol. The number of carbonyl (C=O) groups is 1. The van der Waals surface area contributed by atoms with Crippen LogP contribution in [-0.4, -0.2) is 29.6 Å². The van der Waals surface area contributed by atoms with Crippen LogP contribution in [0.3, 0.4) is 0 Å². The Morgan fingerprint density at radius 2 is 1.89 bits per heavy atom. The molecule has 0 radical (unpaired) electrons. The molecule has 2 aromatic heterocycles. The molecule has 4 aromatic rings. The smallest absolute Gasteiger partial charge is 0.335 e. The van der Waals surface area contributed by atoms with E-state index in [0.29, 0.717) is 38.2 Å². The zero-order chi connectivity index (χ0) is 26.6. The van der Waals surface area contributed by atoms with Gasteiger partial charge in [-0.05, 0) is 37.1 Å². The maximum atomic E-state index is 13.2. The molecule has 0 bridgehead atoms. The first-order valence-electron chi connectivity index (χ1n) is 11.5. The number of hydrogen-bond acceptors (Lipinski definition) is 8. The van der Waals surface area contributed by atoms with Crippen LogP contribution >= 0.6 is 23.2 Å². The van der Waals surface area contributed by atoms with Crippen LogP contribution in [0.1, 0.15) is 46.0 Å². The van der Waals surface area contributed by atoms with Crippen LogP contribution in [0, 0.1) is 0 Å². The summed E-state index contributed by atoms with van der Waals surface area (Å²) in [4.78, 5) is 15.4. The molecule has 1 fully saturated rings. The molecule has 0 unspecified atom stereocenters. The summed E-state index contributed by atoms with van der Waals surface area (Å²) in [6.45, 7) is 0.00971. The fourth-order valence-corrected chi connectivity index (χ4v) is 6.32. The normalized spacial score (nSPS) is 15.6. The molecule has 1 aliphatic heterocycles. The van der Waals surface area contributed by atoms with Crippen molar-refractivity contribution in [1.82, 2.24) is 10.1 Å². The van der Waals surface area contributed by atoms with Gasteiger partial charge in [-0.15, -0.1) is 0 Å². The molecular weight excluding hydrogens is 555 g/mol. The van der Waals surface area contributed by atoms with Gasteiger partial charge in [-0.1, -0.05) is 40.5 Å². The van der Waals surface area contributed by atoms with Gasteiger partial charge in [-0.2, -0.15) is 0 Å². The summed E-state index contributed by atoms with van der Waals surface area (Å²) >= 11 is 12.8. The summed E-state index contributed by atoms with van der Waals surface area (Å²) in [6.07, 6.45) is 3.25. The van der Waals surface area contributed by atoms with Crippen molar-refractivity contribution >= 4 is 39.0 Å². The standard InChI is InChI=1S/C26H18Cl2N2O7S/c27-18-2-1-3-19(28)22(18)23-17(24(37-30-23)13-4-5-13)11-35-16-9-21-25(29-10-16)36-20-8-14(26(31)32)6-7-15(20)12-38(21,33)34/h1-3,6-10,13H,4-5,11-12H2,(H,31,32). The monoisotopic (exact) mass is 572 g/mol. The summed E-state index contributed by atoms with van der Waals surface area (Å²) in [5.74, 6) is -0.500. The fraction of sp³-hybridized carbons (Fsp3) is 0.192. The molecule has 0 atom stereocenters. The van der Waals surface area contributed by atoms with E-state index in [-0.39, 0.29) is 46.1 Å². The van der Waals surface area contributed by atoms with Crippen LogP contribution in [0.4, 0.5) is 0 Å². The van der Waals surface area contributed by atoms with Gasteiger partial charge in [0.2, 0.25) is 5.88 Å². The fourth-order valence-electron chi connectivity index (χ4n) is 4.28. The molecule has 12 heteroatoms. The first kappa shape index (κ1) is 24.7. The topological polar surface area (TPSA) is 129 Å². The number of nitrogens with zero attached hydrogens (tertiary/aromatic N) is 2. The number of ether oxygens (including phenoxy) is 2. The van der Waals surface area contributed by atoms with E-state index in [1.807, 2.05) is 0 Å². The lowest BCUT2D eigenvalue weighted by molar-refractivity contribution is 0.0696. The van der Waals surface area contributed by atoms with E-state index in [9.17, 15) is 18.3 Å². The summed E-state index contributed by atoms with van der Waals surface area (Å²) < 4.78 is 43.7. The quantitative estimate of drug-likeness (QED) is 0.283. The zero-order valence-corrected chi connectivity index (χ0v) is 21.8. The third-order valence-corrected chi connectivity index (χ3v) is 8.63. The van der Waals surface area contributed by atoms with Crippen molar-refractivity contribution in [3.05, 3.63) is 81.2 Å². The van der Waals surface area contributed by atoms with Gasteiger partial charge in [0, 0.05) is 23.1 Å². The third-order valence-electron chi connectivity index (χ3n) is 6.34. The van der Waals surface area contributed by atoms with E-state index in [1.54, 1.807) is 18.2 Å². The van der Waals surface area contributed by atoms with Gasteiger partial charge in [-0.3, -0.25) is 0 Å². The van der Waals surface area contributed by atoms with Crippen LogP contribution in [0.25, 0.3) is 11.3 Å². The molecule has 38 heavy (non-hydrogen) atoms. The van der Waals surface area contributed by atoms with Gasteiger partial charge in [0.25, 0.3) is 0 Å². The van der Waals surface area contributed by atoms with Crippen LogP contribution in [-0.2, 0) is 22.2 Å². The highest BCUT2D eigenvalue weighted by molar-refractivity contribution is 7.90. The number of benzene rings is 2. The molecule has 0 saturated heterocycles. The van der Waals surface area contributed by atoms with E-state index in [4.69, 9.17) is 37.2 Å². The van der Waals surface area contributed by atoms with Crippen LogP contribution in [0.5, 0.6) is 17.4 Å². The minimum absolute atomic E-state index is 0.00971. The van der Waals surface area contributed by atoms with Gasteiger partial charge in [-0.25, -0.2) is 18.2 Å². The van der Waals surface area contributed by atoms with Gasteiger partial charge in [0.1, 0.15) is 34.5 Å². The number of carboxylic acids is 1. The molecule has 6 rings (SSSR count). The maximum absolute atomic E-state index is 13.2. The van der Waals surface area contributed by atoms with Gasteiger partial charge >= 0.3 is 5.97 Å². The van der Waals surface area contributed by atoms with Crippen LogP contribution in [0.2, 0.25) is 10.0 Å². The summed E-state index contributed by atoms with van der Waals surface area (Å²) in [6, 6.07) is 10.5. The highest BCUT2D eigenvalue weighted by Gasteiger charge is 2.34. The van der Waals surface area contributed by atoms with E-state index in [0.717, 1.165) is 12.8 Å². The number of hydrogen-bond donors (Lipinski definition) is 1. The second kappa shape index (κ2) is 9.30. The Bertz CT molecular complexity index is 1690. The van der Waals surface area contributed by atoms with Crippen molar-refractivity contribution in [2.24, 2.45) is 0 Å². The summed E-state index contributed by atoms with van der Waals surface area (Å²) in [5, 5.41) is 14.3. The van der Waals surface area contributed by atoms with Crippen molar-refractivity contribution in [1.29, 1.82) is 0 Å². The number of sulfone groups is 1. The highest BCUT2D eigenvalue weighted by Crippen LogP contribution is 2.46. The first-order valence-corrected chi connectivity index (χ1v) is 13.9. The Morgan fingerprint density at radius 3 is 2.61 bits per heavy atom. The molecule has 2 aromatic carbocycles. The van der Waals surface area contributed by atoms with Crippen molar-refractivity contribution in [3.8, 4) is 28.6 Å². The van der Waals surface area contributed by atoms with Crippen LogP contribution < -0.4 is 9.47 Å². The Hall–Kier alpha value is -3.60. The number of halogens is 2. The van der Waals surface area contributed by atoms with E-state index < -0.39 is 15.8 Å². The molecule has 1 saturated carbocycles. The lowest BCUT2D eigenvalue weighted by Crippen LogP contribution is -2.06. The number of carboxylic acid groups (broad SMARTS) is 1. The van der Waals surface area contributed by atoms with Crippen molar-refractivity contribution in [2.75, 3.05) is 0 Å². The minimum Gasteiger partial charge on any atom is -0.487 e. The molecular formula is C26H18Cl2N2O7S. The third kappa shape index (κ3) is 4.48. The molecule has 2 aliphatic rings. The molecule has 1 aliphatic carbocycles. The number of aromatic carboxylic acids is 1. The Balaban J connectivity index is 1.33. The predicted octanol–water partition coefficient (Wildman–Crippen LogP) is 6.28. The zero-order valence-electron chi connectivity index (χ0n) is 19.5.